The third-order valence-corrected chi connectivity index (χ3v) is 4.15. The molecule has 2 aromatic rings. The highest BCUT2D eigenvalue weighted by molar-refractivity contribution is 5.93. The quantitative estimate of drug-likeness (QED) is 0.817. The molecule has 0 atom stereocenters. The summed E-state index contributed by atoms with van der Waals surface area (Å²) in [5, 5.41) is 3.11. The highest BCUT2D eigenvalue weighted by atomic mass is 16.5. The maximum Gasteiger partial charge on any atom is 0.272 e. The van der Waals surface area contributed by atoms with Gasteiger partial charge < -0.3 is 19.9 Å². The Morgan fingerprint density at radius 1 is 1.19 bits per heavy atom. The Kier molecular flexibility index (Phi) is 5.31. The van der Waals surface area contributed by atoms with Crippen molar-refractivity contribution < 1.29 is 14.3 Å². The van der Waals surface area contributed by atoms with Crippen LogP contribution in [-0.4, -0.2) is 65.4 Å². The van der Waals surface area contributed by atoms with Crippen LogP contribution in [0.4, 0.5) is 11.6 Å². The van der Waals surface area contributed by atoms with Gasteiger partial charge >= 0.3 is 0 Å². The van der Waals surface area contributed by atoms with Crippen molar-refractivity contribution in [2.45, 2.75) is 6.92 Å². The van der Waals surface area contributed by atoms with E-state index in [4.69, 9.17) is 4.74 Å². The molecule has 0 saturated carbocycles. The number of hydrogen-bond acceptors (Lipinski definition) is 6. The zero-order valence-corrected chi connectivity index (χ0v) is 14.8. The number of methoxy groups -OCH3 is 1. The molecule has 8 nitrogen and oxygen atoms in total. The number of nitrogens with one attached hydrogen (secondary N) is 1. The number of rotatable bonds is 5. The van der Waals surface area contributed by atoms with Gasteiger partial charge in [-0.25, -0.2) is 9.97 Å². The molecule has 1 aliphatic heterocycles. The SMILES string of the molecule is COc1cccc(Nc2nc(C)cc(C(=O)N3CCN(C=O)CC3)n2)c1. The van der Waals surface area contributed by atoms with E-state index in [9.17, 15) is 9.59 Å². The molecule has 0 radical (unpaired) electrons. The van der Waals surface area contributed by atoms with Crippen molar-refractivity contribution in [1.29, 1.82) is 0 Å². The molecule has 1 aliphatic rings. The van der Waals surface area contributed by atoms with Gasteiger partial charge in [-0.05, 0) is 25.1 Å². The zero-order valence-electron chi connectivity index (χ0n) is 14.8. The first kappa shape index (κ1) is 17.7. The van der Waals surface area contributed by atoms with E-state index in [1.807, 2.05) is 31.2 Å². The normalized spacial score (nSPS) is 14.1. The summed E-state index contributed by atoms with van der Waals surface area (Å²) in [6, 6.07) is 9.07. The Hall–Kier alpha value is -3.16. The third-order valence-electron chi connectivity index (χ3n) is 4.15. The number of carbonyl (C=O) groups excluding carboxylic acids is 2. The second-order valence-corrected chi connectivity index (χ2v) is 6.01. The Balaban J connectivity index is 1.76. The van der Waals surface area contributed by atoms with E-state index in [0.717, 1.165) is 12.1 Å². The Bertz CT molecular complexity index is 803. The average molecular weight is 355 g/mol. The number of hydrogen-bond donors (Lipinski definition) is 1. The second-order valence-electron chi connectivity index (χ2n) is 6.01. The van der Waals surface area contributed by atoms with Crippen molar-refractivity contribution in [2.75, 3.05) is 38.6 Å². The van der Waals surface area contributed by atoms with E-state index >= 15 is 0 Å². The molecule has 0 unspecified atom stereocenters. The predicted molar refractivity (Wildman–Crippen MR) is 96.6 cm³/mol. The molecule has 2 heterocycles. The lowest BCUT2D eigenvalue weighted by molar-refractivity contribution is -0.119. The average Bonchev–Trinajstić information content (AvgIpc) is 2.67. The van der Waals surface area contributed by atoms with Gasteiger partial charge in [-0.2, -0.15) is 0 Å². The van der Waals surface area contributed by atoms with Crippen LogP contribution in [0.2, 0.25) is 0 Å². The van der Waals surface area contributed by atoms with E-state index in [1.165, 1.54) is 0 Å². The van der Waals surface area contributed by atoms with E-state index in [2.05, 4.69) is 15.3 Å². The first-order chi connectivity index (χ1) is 12.6. The fourth-order valence-electron chi connectivity index (χ4n) is 2.76. The van der Waals surface area contributed by atoms with Gasteiger partial charge in [0.25, 0.3) is 5.91 Å². The molecule has 3 rings (SSSR count). The molecule has 0 bridgehead atoms. The van der Waals surface area contributed by atoms with Crippen molar-refractivity contribution in [3.05, 3.63) is 41.7 Å². The molecule has 1 N–H and O–H groups in total. The summed E-state index contributed by atoms with van der Waals surface area (Å²) < 4.78 is 5.21. The number of ether oxygens (including phenoxy) is 1. The molecule has 26 heavy (non-hydrogen) atoms. The highest BCUT2D eigenvalue weighted by Gasteiger charge is 2.23. The Morgan fingerprint density at radius 3 is 2.65 bits per heavy atom. The molecule has 0 aliphatic carbocycles. The number of amides is 2. The summed E-state index contributed by atoms with van der Waals surface area (Å²) in [4.78, 5) is 35.6. The van der Waals surface area contributed by atoms with Crippen LogP contribution in [0.15, 0.2) is 30.3 Å². The maximum absolute atomic E-state index is 12.7. The summed E-state index contributed by atoms with van der Waals surface area (Å²) in [6.07, 6.45) is 0.812. The van der Waals surface area contributed by atoms with Crippen LogP contribution >= 0.6 is 0 Å². The number of aromatic nitrogens is 2. The summed E-state index contributed by atoms with van der Waals surface area (Å²) in [7, 11) is 1.60. The molecule has 8 heteroatoms. The highest BCUT2D eigenvalue weighted by Crippen LogP contribution is 2.20. The molecule has 0 spiro atoms. The fourth-order valence-corrected chi connectivity index (χ4v) is 2.76. The molecule has 1 aromatic carbocycles. The predicted octanol–water partition coefficient (Wildman–Crippen LogP) is 1.45. The molecule has 1 aromatic heterocycles. The second kappa shape index (κ2) is 7.81. The summed E-state index contributed by atoms with van der Waals surface area (Å²) in [5.41, 5.74) is 1.80. The number of piperazine rings is 1. The smallest absolute Gasteiger partial charge is 0.272 e. The summed E-state index contributed by atoms with van der Waals surface area (Å²) in [6.45, 7) is 3.89. The van der Waals surface area contributed by atoms with Crippen LogP contribution < -0.4 is 10.1 Å². The number of benzene rings is 1. The van der Waals surface area contributed by atoms with E-state index in [1.54, 1.807) is 23.0 Å². The first-order valence-electron chi connectivity index (χ1n) is 8.34. The van der Waals surface area contributed by atoms with Gasteiger partial charge in [0.2, 0.25) is 12.4 Å². The van der Waals surface area contributed by atoms with E-state index < -0.39 is 0 Å². The molecule has 136 valence electrons. The Morgan fingerprint density at radius 2 is 1.96 bits per heavy atom. The molecule has 1 fully saturated rings. The molecular weight excluding hydrogens is 334 g/mol. The lowest BCUT2D eigenvalue weighted by Crippen LogP contribution is -2.48. The van der Waals surface area contributed by atoms with Crippen molar-refractivity contribution >= 4 is 24.0 Å². The maximum atomic E-state index is 12.7. The number of anilines is 2. The summed E-state index contributed by atoms with van der Waals surface area (Å²) in [5.74, 6) is 0.912. The van der Waals surface area contributed by atoms with Crippen LogP contribution in [-0.2, 0) is 4.79 Å². The minimum Gasteiger partial charge on any atom is -0.497 e. The van der Waals surface area contributed by atoms with Crippen molar-refractivity contribution in [1.82, 2.24) is 19.8 Å². The van der Waals surface area contributed by atoms with Gasteiger partial charge in [-0.3, -0.25) is 9.59 Å². The number of nitrogens with zero attached hydrogens (tertiary/aromatic N) is 4. The van der Waals surface area contributed by atoms with Crippen LogP contribution in [0.3, 0.4) is 0 Å². The van der Waals surface area contributed by atoms with E-state index in [0.29, 0.717) is 49.3 Å². The monoisotopic (exact) mass is 355 g/mol. The molecular formula is C18H21N5O3. The van der Waals surface area contributed by atoms with Gasteiger partial charge in [0.15, 0.2) is 0 Å². The number of aryl methyl sites for hydroxylation is 1. The number of carbonyl (C=O) groups is 2. The fraction of sp³-hybridized carbons (Fsp3) is 0.333. The van der Waals surface area contributed by atoms with Gasteiger partial charge in [0.1, 0.15) is 11.4 Å². The zero-order chi connectivity index (χ0) is 18.5. The van der Waals surface area contributed by atoms with Gasteiger partial charge in [0, 0.05) is 43.6 Å². The first-order valence-corrected chi connectivity index (χ1v) is 8.34. The van der Waals surface area contributed by atoms with Crippen LogP contribution in [0.5, 0.6) is 5.75 Å². The minimum atomic E-state index is -0.158. The van der Waals surface area contributed by atoms with E-state index in [-0.39, 0.29) is 5.91 Å². The van der Waals surface area contributed by atoms with Crippen molar-refractivity contribution in [3.8, 4) is 5.75 Å². The van der Waals surface area contributed by atoms with Gasteiger partial charge in [-0.1, -0.05) is 6.07 Å². The van der Waals surface area contributed by atoms with Crippen LogP contribution in [0, 0.1) is 6.92 Å². The molecule has 1 saturated heterocycles. The van der Waals surface area contributed by atoms with Gasteiger partial charge in [0.05, 0.1) is 7.11 Å². The lowest BCUT2D eigenvalue weighted by atomic mass is 10.2. The van der Waals surface area contributed by atoms with Gasteiger partial charge in [-0.15, -0.1) is 0 Å². The Labute approximate surface area is 151 Å². The standard InChI is InChI=1S/C18H21N5O3/c1-13-10-16(17(25)23-8-6-22(12-24)7-9-23)21-18(19-13)20-14-4-3-5-15(11-14)26-2/h3-5,10-12H,6-9H2,1-2H3,(H,19,20,21). The third kappa shape index (κ3) is 4.08. The van der Waals surface area contributed by atoms with Crippen LogP contribution in [0.1, 0.15) is 16.2 Å². The minimum absolute atomic E-state index is 0.158. The van der Waals surface area contributed by atoms with Crippen molar-refractivity contribution in [2.24, 2.45) is 0 Å². The van der Waals surface area contributed by atoms with Crippen LogP contribution in [0.25, 0.3) is 0 Å². The summed E-state index contributed by atoms with van der Waals surface area (Å²) >= 11 is 0. The topological polar surface area (TPSA) is 87.7 Å². The van der Waals surface area contributed by atoms with Crippen molar-refractivity contribution in [3.63, 3.8) is 0 Å². The largest absolute Gasteiger partial charge is 0.497 e. The molecule has 2 amide bonds. The lowest BCUT2D eigenvalue weighted by Gasteiger charge is -2.32.